The third-order valence-corrected chi connectivity index (χ3v) is 5.76. The maximum atomic E-state index is 12.2. The minimum atomic E-state index is -0.126. The van der Waals surface area contributed by atoms with Gasteiger partial charge in [0.05, 0.1) is 5.75 Å². The van der Waals surface area contributed by atoms with Crippen molar-refractivity contribution >= 4 is 45.7 Å². The lowest BCUT2D eigenvalue weighted by atomic mass is 10.1. The topological polar surface area (TPSA) is 69.0 Å². The molecule has 0 unspecified atom stereocenters. The van der Waals surface area contributed by atoms with E-state index in [4.69, 9.17) is 16.3 Å². The summed E-state index contributed by atoms with van der Waals surface area (Å²) in [5.41, 5.74) is 0.701. The summed E-state index contributed by atoms with van der Waals surface area (Å²) in [5.74, 6) is 1.58. The van der Waals surface area contributed by atoms with E-state index < -0.39 is 0 Å². The van der Waals surface area contributed by atoms with Gasteiger partial charge in [-0.15, -0.1) is 10.2 Å². The molecule has 4 aromatic rings. The highest BCUT2D eigenvalue weighted by Gasteiger charge is 2.13. The summed E-state index contributed by atoms with van der Waals surface area (Å²) >= 11 is 7.18. The van der Waals surface area contributed by atoms with Crippen LogP contribution in [-0.4, -0.2) is 26.4 Å². The van der Waals surface area contributed by atoms with E-state index in [0.29, 0.717) is 21.7 Å². The summed E-state index contributed by atoms with van der Waals surface area (Å²) in [6.45, 7) is 0.287. The zero-order valence-corrected chi connectivity index (χ0v) is 17.8. The molecule has 1 N–H and O–H groups in total. The van der Waals surface area contributed by atoms with Gasteiger partial charge >= 0.3 is 0 Å². The Morgan fingerprint density at radius 1 is 1.07 bits per heavy atom. The van der Waals surface area contributed by atoms with Crippen molar-refractivity contribution < 1.29 is 9.53 Å². The number of fused-ring (bicyclic) bond motifs is 1. The lowest BCUT2D eigenvalue weighted by Crippen LogP contribution is -2.14. The first-order valence-electron chi connectivity index (χ1n) is 9.27. The molecule has 0 atom stereocenters. The van der Waals surface area contributed by atoms with Gasteiger partial charge in [0, 0.05) is 23.1 Å². The molecule has 1 amide bonds. The van der Waals surface area contributed by atoms with Crippen LogP contribution in [0.2, 0.25) is 5.02 Å². The molecule has 0 saturated carbocycles. The lowest BCUT2D eigenvalue weighted by Gasteiger charge is -2.09. The predicted octanol–water partition coefficient (Wildman–Crippen LogP) is 4.93. The number of aromatic nitrogens is 3. The summed E-state index contributed by atoms with van der Waals surface area (Å²) in [6, 6.07) is 21.0. The summed E-state index contributed by atoms with van der Waals surface area (Å²) < 4.78 is 7.83. The number of hydrogen-bond acceptors (Lipinski definition) is 5. The van der Waals surface area contributed by atoms with Crippen LogP contribution in [0.3, 0.4) is 0 Å². The van der Waals surface area contributed by atoms with Gasteiger partial charge < -0.3 is 14.6 Å². The fourth-order valence-electron chi connectivity index (χ4n) is 2.92. The summed E-state index contributed by atoms with van der Waals surface area (Å²) in [7, 11) is 1.86. The molecule has 0 fully saturated rings. The summed E-state index contributed by atoms with van der Waals surface area (Å²) in [4.78, 5) is 12.2. The van der Waals surface area contributed by atoms with E-state index in [-0.39, 0.29) is 18.3 Å². The van der Waals surface area contributed by atoms with E-state index in [1.54, 1.807) is 24.3 Å². The molecule has 8 heteroatoms. The largest absolute Gasteiger partial charge is 0.485 e. The van der Waals surface area contributed by atoms with E-state index in [1.165, 1.54) is 11.8 Å². The van der Waals surface area contributed by atoms with Crippen LogP contribution in [0.1, 0.15) is 5.82 Å². The van der Waals surface area contributed by atoms with Gasteiger partial charge in [0.2, 0.25) is 5.91 Å². The molecule has 0 saturated heterocycles. The first kappa shape index (κ1) is 20.3. The maximum absolute atomic E-state index is 12.2. The number of rotatable bonds is 7. The number of benzene rings is 3. The molecule has 0 spiro atoms. The molecule has 4 rings (SSSR count). The molecule has 30 heavy (non-hydrogen) atoms. The number of hydrogen-bond donors (Lipinski definition) is 1. The number of ether oxygens (including phenoxy) is 1. The van der Waals surface area contributed by atoms with Crippen molar-refractivity contribution in [2.45, 2.75) is 11.8 Å². The van der Waals surface area contributed by atoms with E-state index >= 15 is 0 Å². The maximum Gasteiger partial charge on any atom is 0.234 e. The number of nitrogens with zero attached hydrogens (tertiary/aromatic N) is 3. The summed E-state index contributed by atoms with van der Waals surface area (Å²) in [5, 5.41) is 14.7. The third kappa shape index (κ3) is 4.75. The molecule has 3 aromatic carbocycles. The number of amides is 1. The molecule has 152 valence electrons. The molecule has 6 nitrogen and oxygen atoms in total. The van der Waals surface area contributed by atoms with Crippen LogP contribution in [-0.2, 0) is 18.4 Å². The molecule has 0 aliphatic carbocycles. The smallest absolute Gasteiger partial charge is 0.234 e. The Labute approximate surface area is 183 Å². The fourth-order valence-corrected chi connectivity index (χ4v) is 3.78. The van der Waals surface area contributed by atoms with E-state index in [9.17, 15) is 4.79 Å². The average Bonchev–Trinajstić information content (AvgIpc) is 3.12. The van der Waals surface area contributed by atoms with Crippen LogP contribution in [0.15, 0.2) is 71.9 Å². The van der Waals surface area contributed by atoms with Crippen LogP contribution >= 0.6 is 23.4 Å². The lowest BCUT2D eigenvalue weighted by molar-refractivity contribution is -0.113. The third-order valence-electron chi connectivity index (χ3n) is 4.49. The first-order chi connectivity index (χ1) is 14.6. The molecular formula is C22H19ClN4O2S. The van der Waals surface area contributed by atoms with Crippen LogP contribution in [0.5, 0.6) is 5.75 Å². The van der Waals surface area contributed by atoms with E-state index in [1.807, 2.05) is 54.1 Å². The molecule has 0 bridgehead atoms. The second kappa shape index (κ2) is 9.19. The number of nitrogens with one attached hydrogen (secondary N) is 1. The highest BCUT2D eigenvalue weighted by atomic mass is 35.5. The number of halogens is 1. The Hall–Kier alpha value is -3.03. The van der Waals surface area contributed by atoms with Crippen LogP contribution in [0, 0.1) is 0 Å². The Morgan fingerprint density at radius 2 is 1.83 bits per heavy atom. The predicted molar refractivity (Wildman–Crippen MR) is 120 cm³/mol. The second-order valence-corrected chi connectivity index (χ2v) is 7.95. The van der Waals surface area contributed by atoms with Crippen molar-refractivity contribution in [3.63, 3.8) is 0 Å². The molecular weight excluding hydrogens is 420 g/mol. The number of carbonyl (C=O) groups excluding carboxylic acids is 1. The summed E-state index contributed by atoms with van der Waals surface area (Å²) in [6.07, 6.45) is 0. The molecule has 0 radical (unpaired) electrons. The SMILES string of the molecule is Cn1c(COc2cccc3ccccc23)nnc1SCC(=O)Nc1ccc(Cl)cc1. The average molecular weight is 439 g/mol. The molecule has 1 aromatic heterocycles. The Kier molecular flexibility index (Phi) is 6.21. The quantitative estimate of drug-likeness (QED) is 0.414. The van der Waals surface area contributed by atoms with E-state index in [0.717, 1.165) is 16.5 Å². The Balaban J connectivity index is 1.35. The van der Waals surface area contributed by atoms with Gasteiger partial charge in [0.15, 0.2) is 11.0 Å². The fraction of sp³-hybridized carbons (Fsp3) is 0.136. The zero-order chi connectivity index (χ0) is 20.9. The van der Waals surface area contributed by atoms with Gasteiger partial charge in [-0.3, -0.25) is 4.79 Å². The van der Waals surface area contributed by atoms with Crippen molar-refractivity contribution in [1.29, 1.82) is 0 Å². The van der Waals surface area contributed by atoms with Crippen LogP contribution in [0.4, 0.5) is 5.69 Å². The second-order valence-electron chi connectivity index (χ2n) is 6.57. The van der Waals surface area contributed by atoms with Gasteiger partial charge in [0.1, 0.15) is 12.4 Å². The van der Waals surface area contributed by atoms with Crippen molar-refractivity contribution in [1.82, 2.24) is 14.8 Å². The standard InChI is InChI=1S/C22H19ClN4O2S/c1-27-20(13-29-19-8-4-6-15-5-2-3-7-18(15)19)25-26-22(27)30-14-21(28)24-17-11-9-16(23)10-12-17/h2-12H,13-14H2,1H3,(H,24,28). The number of anilines is 1. The van der Waals surface area contributed by atoms with E-state index in [2.05, 4.69) is 15.5 Å². The highest BCUT2D eigenvalue weighted by Crippen LogP contribution is 2.26. The first-order valence-corrected chi connectivity index (χ1v) is 10.6. The Morgan fingerprint density at radius 3 is 2.67 bits per heavy atom. The zero-order valence-electron chi connectivity index (χ0n) is 16.2. The minimum Gasteiger partial charge on any atom is -0.485 e. The molecule has 1 heterocycles. The normalized spacial score (nSPS) is 10.9. The van der Waals surface area contributed by atoms with Gasteiger partial charge in [0.25, 0.3) is 0 Å². The van der Waals surface area contributed by atoms with Crippen molar-refractivity contribution in [3.8, 4) is 5.75 Å². The molecule has 0 aliphatic rings. The van der Waals surface area contributed by atoms with Crippen molar-refractivity contribution in [2.24, 2.45) is 7.05 Å². The van der Waals surface area contributed by atoms with Crippen molar-refractivity contribution in [2.75, 3.05) is 11.1 Å². The van der Waals surface area contributed by atoms with Crippen LogP contribution < -0.4 is 10.1 Å². The number of thioether (sulfide) groups is 1. The minimum absolute atomic E-state index is 0.126. The molecule has 0 aliphatic heterocycles. The number of carbonyl (C=O) groups is 1. The van der Waals surface area contributed by atoms with Crippen LogP contribution in [0.25, 0.3) is 10.8 Å². The van der Waals surface area contributed by atoms with Gasteiger partial charge in [-0.05, 0) is 35.7 Å². The van der Waals surface area contributed by atoms with Crippen molar-refractivity contribution in [3.05, 3.63) is 77.6 Å². The monoisotopic (exact) mass is 438 g/mol. The van der Waals surface area contributed by atoms with Gasteiger partial charge in [-0.1, -0.05) is 59.8 Å². The highest BCUT2D eigenvalue weighted by molar-refractivity contribution is 7.99. The van der Waals surface area contributed by atoms with Gasteiger partial charge in [-0.2, -0.15) is 0 Å². The Bertz CT molecular complexity index is 1170. The van der Waals surface area contributed by atoms with Gasteiger partial charge in [-0.25, -0.2) is 0 Å².